The highest BCUT2D eigenvalue weighted by atomic mass is 79.9. The number of fused-ring (bicyclic) bond motifs is 2. The van der Waals surface area contributed by atoms with Gasteiger partial charge in [0.2, 0.25) is 0 Å². The minimum Gasteiger partial charge on any atom is -0.496 e. The van der Waals surface area contributed by atoms with Crippen molar-refractivity contribution >= 4 is 47.6 Å². The lowest BCUT2D eigenvalue weighted by molar-refractivity contribution is 0.337. The van der Waals surface area contributed by atoms with E-state index in [-0.39, 0.29) is 16.9 Å². The van der Waals surface area contributed by atoms with Crippen molar-refractivity contribution in [2.24, 2.45) is 0 Å². The average Bonchev–Trinajstić information content (AvgIpc) is 2.80. The van der Waals surface area contributed by atoms with Crippen LogP contribution in [-0.2, 0) is 25.1 Å². The summed E-state index contributed by atoms with van der Waals surface area (Å²) in [4.78, 5) is 0.203. The van der Waals surface area contributed by atoms with E-state index in [1.165, 1.54) is 0 Å². The molecule has 0 bridgehead atoms. The first-order chi connectivity index (χ1) is 17.2. The van der Waals surface area contributed by atoms with Gasteiger partial charge in [0.1, 0.15) is 10.6 Å². The maximum Gasteiger partial charge on any atom is 0.297 e. The van der Waals surface area contributed by atoms with Gasteiger partial charge in [0, 0.05) is 21.2 Å². The summed E-state index contributed by atoms with van der Waals surface area (Å²) < 4.78 is 40.5. The second kappa shape index (κ2) is 9.72. The van der Waals surface area contributed by atoms with E-state index >= 15 is 0 Å². The first-order valence-electron chi connectivity index (χ1n) is 12.5. The van der Waals surface area contributed by atoms with Crippen molar-refractivity contribution in [1.82, 2.24) is 0 Å². The van der Waals surface area contributed by atoms with Gasteiger partial charge in [-0.1, -0.05) is 87.8 Å². The van der Waals surface area contributed by atoms with E-state index < -0.39 is 15.5 Å². The number of ether oxygens (including phenoxy) is 1. The Morgan fingerprint density at radius 3 is 1.97 bits per heavy atom. The van der Waals surface area contributed by atoms with E-state index in [0.29, 0.717) is 16.9 Å². The molecule has 0 saturated heterocycles. The summed E-state index contributed by atoms with van der Waals surface area (Å²) in [5, 5.41) is 3.71. The highest BCUT2D eigenvalue weighted by molar-refractivity contribution is 9.10. The van der Waals surface area contributed by atoms with E-state index in [1.54, 1.807) is 14.0 Å². The molecule has 4 rings (SSSR count). The van der Waals surface area contributed by atoms with Crippen molar-refractivity contribution in [3.8, 4) is 16.9 Å². The van der Waals surface area contributed by atoms with Gasteiger partial charge >= 0.3 is 0 Å². The molecule has 0 aliphatic carbocycles. The SMILES string of the molecule is CCOS(=O)(=O)c1c(C(C)(C)C)cc2ccccc2c1-c1c(OC)c(C(C)(C)C)cc2cc(Br)ccc12. The van der Waals surface area contributed by atoms with Gasteiger partial charge in [0.05, 0.1) is 13.7 Å². The predicted octanol–water partition coefficient (Wildman–Crippen LogP) is 8.75. The van der Waals surface area contributed by atoms with Crippen molar-refractivity contribution in [2.45, 2.75) is 64.2 Å². The van der Waals surface area contributed by atoms with Crippen LogP contribution in [0.5, 0.6) is 5.75 Å². The summed E-state index contributed by atoms with van der Waals surface area (Å²) >= 11 is 3.62. The maximum absolute atomic E-state index is 13.9. The summed E-state index contributed by atoms with van der Waals surface area (Å²) in [6, 6.07) is 18.2. The van der Waals surface area contributed by atoms with E-state index in [9.17, 15) is 8.42 Å². The van der Waals surface area contributed by atoms with Gasteiger partial charge in [0.25, 0.3) is 10.1 Å². The summed E-state index contributed by atoms with van der Waals surface area (Å²) in [6.07, 6.45) is 0. The van der Waals surface area contributed by atoms with E-state index in [4.69, 9.17) is 8.92 Å². The number of hydrogen-bond donors (Lipinski definition) is 0. The molecule has 0 aliphatic heterocycles. The van der Waals surface area contributed by atoms with Crippen molar-refractivity contribution in [3.05, 3.63) is 70.2 Å². The van der Waals surface area contributed by atoms with Crippen LogP contribution in [0.2, 0.25) is 0 Å². The number of hydrogen-bond acceptors (Lipinski definition) is 4. The summed E-state index contributed by atoms with van der Waals surface area (Å²) in [5.74, 6) is 0.673. The van der Waals surface area contributed by atoms with Crippen molar-refractivity contribution in [3.63, 3.8) is 0 Å². The van der Waals surface area contributed by atoms with E-state index in [0.717, 1.165) is 37.1 Å². The van der Waals surface area contributed by atoms with E-state index in [2.05, 4.69) is 48.8 Å². The third kappa shape index (κ3) is 5.04. The van der Waals surface area contributed by atoms with Crippen LogP contribution in [0.4, 0.5) is 0 Å². The van der Waals surface area contributed by atoms with Crippen LogP contribution < -0.4 is 4.74 Å². The maximum atomic E-state index is 13.9. The smallest absolute Gasteiger partial charge is 0.297 e. The van der Waals surface area contributed by atoms with Gasteiger partial charge in [0.15, 0.2) is 0 Å². The fourth-order valence-electron chi connectivity index (χ4n) is 4.98. The fourth-order valence-corrected chi connectivity index (χ4v) is 6.89. The van der Waals surface area contributed by atoms with Crippen LogP contribution in [0.15, 0.2) is 64.0 Å². The van der Waals surface area contributed by atoms with Crippen LogP contribution in [-0.4, -0.2) is 22.1 Å². The van der Waals surface area contributed by atoms with Crippen LogP contribution >= 0.6 is 15.9 Å². The Bertz CT molecular complexity index is 1610. The average molecular weight is 584 g/mol. The van der Waals surface area contributed by atoms with E-state index in [1.807, 2.05) is 63.2 Å². The van der Waals surface area contributed by atoms with Crippen LogP contribution in [0, 0.1) is 0 Å². The normalized spacial score (nSPS) is 12.9. The molecule has 4 aromatic rings. The highest BCUT2D eigenvalue weighted by Crippen LogP contribution is 2.50. The molecule has 37 heavy (non-hydrogen) atoms. The molecule has 4 nitrogen and oxygen atoms in total. The lowest BCUT2D eigenvalue weighted by atomic mass is 9.79. The Morgan fingerprint density at radius 2 is 1.38 bits per heavy atom. The third-order valence-electron chi connectivity index (χ3n) is 6.65. The molecule has 4 aromatic carbocycles. The van der Waals surface area contributed by atoms with Gasteiger partial charge in [-0.2, -0.15) is 8.42 Å². The summed E-state index contributed by atoms with van der Waals surface area (Å²) in [6.45, 7) is 14.3. The lowest BCUT2D eigenvalue weighted by Crippen LogP contribution is -2.20. The van der Waals surface area contributed by atoms with Crippen LogP contribution in [0.1, 0.15) is 59.6 Å². The van der Waals surface area contributed by atoms with Gasteiger partial charge in [-0.25, -0.2) is 0 Å². The molecule has 0 unspecified atom stereocenters. The third-order valence-corrected chi connectivity index (χ3v) is 8.61. The number of rotatable bonds is 5. The Balaban J connectivity index is 2.41. The zero-order valence-electron chi connectivity index (χ0n) is 22.8. The molecule has 0 radical (unpaired) electrons. The predicted molar refractivity (Wildman–Crippen MR) is 157 cm³/mol. The Labute approximate surface area is 229 Å². The van der Waals surface area contributed by atoms with Gasteiger partial charge in [-0.15, -0.1) is 0 Å². The minimum absolute atomic E-state index is 0.0467. The van der Waals surface area contributed by atoms with Crippen molar-refractivity contribution in [1.29, 1.82) is 0 Å². The number of methoxy groups -OCH3 is 1. The van der Waals surface area contributed by atoms with Crippen LogP contribution in [0.3, 0.4) is 0 Å². The topological polar surface area (TPSA) is 52.6 Å². The van der Waals surface area contributed by atoms with Gasteiger partial charge < -0.3 is 4.74 Å². The molecule has 0 fully saturated rings. The molecule has 0 amide bonds. The van der Waals surface area contributed by atoms with Gasteiger partial charge in [-0.05, 0) is 69.1 Å². The fraction of sp³-hybridized carbons (Fsp3) is 0.355. The Morgan fingerprint density at radius 1 is 0.784 bits per heavy atom. The Kier molecular flexibility index (Phi) is 7.25. The molecule has 0 aromatic heterocycles. The minimum atomic E-state index is -4.11. The molecule has 0 atom stereocenters. The largest absolute Gasteiger partial charge is 0.496 e. The van der Waals surface area contributed by atoms with Crippen molar-refractivity contribution in [2.75, 3.05) is 13.7 Å². The lowest BCUT2D eigenvalue weighted by Gasteiger charge is -2.29. The zero-order valence-corrected chi connectivity index (χ0v) is 25.2. The molecule has 0 saturated carbocycles. The quantitative estimate of drug-likeness (QED) is 0.221. The second-order valence-corrected chi connectivity index (χ2v) is 13.9. The summed E-state index contributed by atoms with van der Waals surface area (Å²) in [7, 11) is -2.45. The molecule has 0 spiro atoms. The zero-order chi connectivity index (χ0) is 27.3. The molecule has 196 valence electrons. The molecule has 0 aliphatic rings. The molecular formula is C31H35BrO4S. The van der Waals surface area contributed by atoms with Crippen molar-refractivity contribution < 1.29 is 17.3 Å². The Hall–Kier alpha value is -2.41. The standard InChI is InChI=1S/C31H35BrO4S/c1-9-36-37(33,34)29-25(31(5,6)7)17-19-12-10-11-13-22(19)27(29)26-23-15-14-21(32)16-20(23)18-24(28(26)35-8)30(2,3)4/h10-18H,9H2,1-8H3. The highest BCUT2D eigenvalue weighted by Gasteiger charge is 2.34. The number of halogens is 1. The second-order valence-electron chi connectivity index (χ2n) is 11.4. The monoisotopic (exact) mass is 582 g/mol. The molecule has 6 heteroatoms. The van der Waals surface area contributed by atoms with Crippen LogP contribution in [0.25, 0.3) is 32.7 Å². The first kappa shape index (κ1) is 27.6. The first-order valence-corrected chi connectivity index (χ1v) is 14.7. The van der Waals surface area contributed by atoms with Gasteiger partial charge in [-0.3, -0.25) is 4.18 Å². The summed E-state index contributed by atoms with van der Waals surface area (Å²) in [5.41, 5.74) is 2.37. The number of benzene rings is 4. The molecule has 0 heterocycles. The molecular weight excluding hydrogens is 548 g/mol. The molecule has 0 N–H and O–H groups in total.